The van der Waals surface area contributed by atoms with Crippen molar-refractivity contribution < 1.29 is 4.79 Å². The molecule has 2 rings (SSSR count). The highest BCUT2D eigenvalue weighted by Crippen LogP contribution is 2.26. The van der Waals surface area contributed by atoms with Crippen molar-refractivity contribution >= 4 is 49.4 Å². The molecule has 2 aromatic carbocycles. The van der Waals surface area contributed by atoms with E-state index < -0.39 is 0 Å². The van der Waals surface area contributed by atoms with Crippen LogP contribution in [-0.4, -0.2) is 5.91 Å². The lowest BCUT2D eigenvalue weighted by Crippen LogP contribution is -2.23. The van der Waals surface area contributed by atoms with E-state index in [0.717, 1.165) is 10.0 Å². The van der Waals surface area contributed by atoms with Gasteiger partial charge >= 0.3 is 0 Å². The summed E-state index contributed by atoms with van der Waals surface area (Å²) in [6, 6.07) is 13.0. The summed E-state index contributed by atoms with van der Waals surface area (Å²) < 4.78 is 1.68. The van der Waals surface area contributed by atoms with Gasteiger partial charge in [-0.1, -0.05) is 51.8 Å². The van der Waals surface area contributed by atoms with Crippen molar-refractivity contribution in [3.05, 3.63) is 67.6 Å². The number of carbonyl (C=O) groups excluding carboxylic acids is 1. The second-order valence-corrected chi connectivity index (χ2v) is 5.96. The van der Waals surface area contributed by atoms with Crippen LogP contribution >= 0.6 is 43.5 Å². The Kier molecular flexibility index (Phi) is 5.02. The summed E-state index contributed by atoms with van der Waals surface area (Å²) in [7, 11) is 0. The summed E-state index contributed by atoms with van der Waals surface area (Å²) in [4.78, 5) is 12.1. The molecule has 98 valence electrons. The van der Waals surface area contributed by atoms with Gasteiger partial charge in [-0.3, -0.25) is 4.79 Å². The van der Waals surface area contributed by atoms with Crippen LogP contribution in [0.25, 0.3) is 0 Å². The van der Waals surface area contributed by atoms with Gasteiger partial charge in [0.15, 0.2) is 0 Å². The molecular weight excluding hydrogens is 393 g/mol. The molecule has 0 fully saturated rings. The first-order valence-electron chi connectivity index (χ1n) is 5.55. The molecule has 1 amide bonds. The van der Waals surface area contributed by atoms with Gasteiger partial charge in [0, 0.05) is 15.5 Å². The van der Waals surface area contributed by atoms with Crippen LogP contribution < -0.4 is 5.32 Å². The number of hydrogen-bond acceptors (Lipinski definition) is 1. The van der Waals surface area contributed by atoms with Gasteiger partial charge in [0.1, 0.15) is 0 Å². The fourth-order valence-corrected chi connectivity index (χ4v) is 2.59. The zero-order valence-electron chi connectivity index (χ0n) is 9.79. The molecule has 0 saturated heterocycles. The zero-order chi connectivity index (χ0) is 13.8. The van der Waals surface area contributed by atoms with Crippen LogP contribution in [0.15, 0.2) is 51.4 Å². The van der Waals surface area contributed by atoms with Gasteiger partial charge in [-0.25, -0.2) is 0 Å². The van der Waals surface area contributed by atoms with E-state index in [1.165, 1.54) is 0 Å². The second-order valence-electron chi connectivity index (χ2n) is 3.88. The molecule has 0 heterocycles. The van der Waals surface area contributed by atoms with Crippen LogP contribution in [0.4, 0.5) is 0 Å². The molecule has 0 unspecified atom stereocenters. The molecule has 0 aliphatic rings. The van der Waals surface area contributed by atoms with Crippen molar-refractivity contribution in [1.82, 2.24) is 5.32 Å². The topological polar surface area (TPSA) is 29.1 Å². The van der Waals surface area contributed by atoms with Crippen LogP contribution in [-0.2, 0) is 6.54 Å². The number of halogens is 3. The monoisotopic (exact) mass is 401 g/mol. The van der Waals surface area contributed by atoms with Gasteiger partial charge in [0.25, 0.3) is 5.91 Å². The van der Waals surface area contributed by atoms with Crippen LogP contribution in [0.3, 0.4) is 0 Å². The van der Waals surface area contributed by atoms with E-state index in [2.05, 4.69) is 37.2 Å². The molecule has 0 atom stereocenters. The molecule has 0 saturated carbocycles. The molecule has 19 heavy (non-hydrogen) atoms. The molecular formula is C14H10Br2ClNO. The first kappa shape index (κ1) is 14.6. The van der Waals surface area contributed by atoms with E-state index in [1.54, 1.807) is 18.2 Å². The molecule has 0 aliphatic carbocycles. The van der Waals surface area contributed by atoms with Gasteiger partial charge in [-0.05, 0) is 39.7 Å². The van der Waals surface area contributed by atoms with Gasteiger partial charge in [-0.2, -0.15) is 0 Å². The third kappa shape index (κ3) is 3.59. The number of hydrogen-bond donors (Lipinski definition) is 1. The Bertz CT molecular complexity index is 616. The minimum atomic E-state index is -0.193. The lowest BCUT2D eigenvalue weighted by atomic mass is 10.2. The van der Waals surface area contributed by atoms with E-state index in [4.69, 9.17) is 11.6 Å². The summed E-state index contributed by atoms with van der Waals surface area (Å²) in [5.74, 6) is -0.193. The van der Waals surface area contributed by atoms with Crippen LogP contribution in [0.5, 0.6) is 0 Å². The third-order valence-electron chi connectivity index (χ3n) is 2.59. The number of rotatable bonds is 3. The average Bonchev–Trinajstić information content (AvgIpc) is 2.40. The zero-order valence-corrected chi connectivity index (χ0v) is 13.7. The van der Waals surface area contributed by atoms with Gasteiger partial charge in [-0.15, -0.1) is 0 Å². The number of benzene rings is 2. The Morgan fingerprint density at radius 1 is 1.05 bits per heavy atom. The maximum atomic E-state index is 12.1. The molecule has 1 N–H and O–H groups in total. The highest BCUT2D eigenvalue weighted by Gasteiger charge is 2.12. The Hall–Kier alpha value is -0.840. The van der Waals surface area contributed by atoms with E-state index in [1.807, 2.05) is 24.3 Å². The number of nitrogens with one attached hydrogen (secondary N) is 1. The van der Waals surface area contributed by atoms with Gasteiger partial charge in [0.2, 0.25) is 0 Å². The SMILES string of the molecule is O=C(NCc1ccccc1Br)c1cccc(Br)c1Cl. The van der Waals surface area contributed by atoms with Crippen molar-refractivity contribution in [2.24, 2.45) is 0 Å². The summed E-state index contributed by atoms with van der Waals surface area (Å²) in [6.07, 6.45) is 0. The largest absolute Gasteiger partial charge is 0.348 e. The summed E-state index contributed by atoms with van der Waals surface area (Å²) in [6.45, 7) is 0.448. The van der Waals surface area contributed by atoms with Crippen molar-refractivity contribution in [2.45, 2.75) is 6.54 Å². The van der Waals surface area contributed by atoms with E-state index in [-0.39, 0.29) is 5.91 Å². The minimum absolute atomic E-state index is 0.193. The predicted octanol–water partition coefficient (Wildman–Crippen LogP) is 4.80. The van der Waals surface area contributed by atoms with E-state index >= 15 is 0 Å². The average molecular weight is 404 g/mol. The van der Waals surface area contributed by atoms with Crippen molar-refractivity contribution in [3.8, 4) is 0 Å². The first-order valence-corrected chi connectivity index (χ1v) is 7.51. The molecule has 2 nitrogen and oxygen atoms in total. The van der Waals surface area contributed by atoms with Crippen LogP contribution in [0, 0.1) is 0 Å². The van der Waals surface area contributed by atoms with Crippen molar-refractivity contribution in [2.75, 3.05) is 0 Å². The number of carbonyl (C=O) groups is 1. The van der Waals surface area contributed by atoms with Crippen molar-refractivity contribution in [1.29, 1.82) is 0 Å². The minimum Gasteiger partial charge on any atom is -0.348 e. The maximum absolute atomic E-state index is 12.1. The first-order chi connectivity index (χ1) is 9.09. The third-order valence-corrected chi connectivity index (χ3v) is 4.66. The van der Waals surface area contributed by atoms with Crippen LogP contribution in [0.2, 0.25) is 5.02 Å². The highest BCUT2D eigenvalue weighted by atomic mass is 79.9. The molecule has 0 bridgehead atoms. The Morgan fingerprint density at radius 2 is 1.74 bits per heavy atom. The predicted molar refractivity (Wildman–Crippen MR) is 84.5 cm³/mol. The molecule has 0 spiro atoms. The summed E-state index contributed by atoms with van der Waals surface area (Å²) in [5.41, 5.74) is 1.48. The fraction of sp³-hybridized carbons (Fsp3) is 0.0714. The molecule has 0 aliphatic heterocycles. The Balaban J connectivity index is 2.10. The smallest absolute Gasteiger partial charge is 0.253 e. The van der Waals surface area contributed by atoms with Gasteiger partial charge < -0.3 is 5.32 Å². The second kappa shape index (κ2) is 6.55. The molecule has 0 radical (unpaired) electrons. The highest BCUT2D eigenvalue weighted by molar-refractivity contribution is 9.10. The molecule has 5 heteroatoms. The Labute approximate surface area is 133 Å². The summed E-state index contributed by atoms with van der Waals surface area (Å²) >= 11 is 12.8. The van der Waals surface area contributed by atoms with E-state index in [9.17, 15) is 4.79 Å². The fourth-order valence-electron chi connectivity index (χ4n) is 1.59. The number of amides is 1. The lowest BCUT2D eigenvalue weighted by molar-refractivity contribution is 0.0951. The maximum Gasteiger partial charge on any atom is 0.253 e. The summed E-state index contributed by atoms with van der Waals surface area (Å²) in [5, 5.41) is 3.27. The van der Waals surface area contributed by atoms with Gasteiger partial charge in [0.05, 0.1) is 10.6 Å². The molecule has 0 aromatic heterocycles. The van der Waals surface area contributed by atoms with E-state index in [0.29, 0.717) is 21.6 Å². The Morgan fingerprint density at radius 3 is 2.47 bits per heavy atom. The quantitative estimate of drug-likeness (QED) is 0.784. The molecule has 2 aromatic rings. The van der Waals surface area contributed by atoms with Crippen molar-refractivity contribution in [3.63, 3.8) is 0 Å². The normalized spacial score (nSPS) is 10.3. The van der Waals surface area contributed by atoms with Crippen LogP contribution in [0.1, 0.15) is 15.9 Å². The standard InChI is InChI=1S/C14H10Br2ClNO/c15-11-6-2-1-4-9(11)8-18-14(19)10-5-3-7-12(16)13(10)17/h1-7H,8H2,(H,18,19). The lowest BCUT2D eigenvalue weighted by Gasteiger charge is -2.09.